The molecule has 1 aromatic rings. The fourth-order valence-corrected chi connectivity index (χ4v) is 1.17. The number of nitrogens with two attached hydrogens (primary N) is 1. The monoisotopic (exact) mass is 153 g/mol. The standard InChI is InChI=1S/C8H15N3/c1-4-11-5-7(9)10-8(11)6(2)3/h5-6H,4,9H2,1-3H3. The van der Waals surface area contributed by atoms with Crippen molar-refractivity contribution in [2.24, 2.45) is 0 Å². The molecule has 0 radical (unpaired) electrons. The predicted molar refractivity (Wildman–Crippen MR) is 46.4 cm³/mol. The molecule has 0 aliphatic carbocycles. The van der Waals surface area contributed by atoms with E-state index >= 15 is 0 Å². The maximum atomic E-state index is 5.56. The van der Waals surface area contributed by atoms with Crippen LogP contribution < -0.4 is 5.73 Å². The minimum absolute atomic E-state index is 0.451. The summed E-state index contributed by atoms with van der Waals surface area (Å²) in [7, 11) is 0. The van der Waals surface area contributed by atoms with E-state index in [1.165, 1.54) is 0 Å². The van der Waals surface area contributed by atoms with Crippen LogP contribution in [0, 0.1) is 0 Å². The van der Waals surface area contributed by atoms with Crippen LogP contribution in [0.5, 0.6) is 0 Å². The number of aryl methyl sites for hydroxylation is 1. The van der Waals surface area contributed by atoms with Crippen molar-refractivity contribution in [3.8, 4) is 0 Å². The molecule has 62 valence electrons. The summed E-state index contributed by atoms with van der Waals surface area (Å²) in [6.45, 7) is 7.27. The van der Waals surface area contributed by atoms with Gasteiger partial charge in [0.25, 0.3) is 0 Å². The zero-order chi connectivity index (χ0) is 8.43. The van der Waals surface area contributed by atoms with E-state index in [1.807, 2.05) is 6.20 Å². The Morgan fingerprint density at radius 3 is 2.64 bits per heavy atom. The Morgan fingerprint density at radius 2 is 2.27 bits per heavy atom. The Kier molecular flexibility index (Phi) is 2.17. The van der Waals surface area contributed by atoms with Crippen LogP contribution in [0.2, 0.25) is 0 Å². The van der Waals surface area contributed by atoms with Gasteiger partial charge in [-0.3, -0.25) is 0 Å². The second-order valence-electron chi connectivity index (χ2n) is 2.96. The van der Waals surface area contributed by atoms with Gasteiger partial charge in [0.05, 0.1) is 0 Å². The molecular weight excluding hydrogens is 138 g/mol. The Labute approximate surface area is 67.2 Å². The number of nitrogen functional groups attached to an aromatic ring is 1. The summed E-state index contributed by atoms with van der Waals surface area (Å²) in [4.78, 5) is 4.22. The molecule has 0 bridgehead atoms. The SMILES string of the molecule is CCn1cc(N)nc1C(C)C. The first-order valence-corrected chi connectivity index (χ1v) is 3.97. The molecule has 0 aromatic carbocycles. The molecule has 2 N–H and O–H groups in total. The molecule has 0 aliphatic heterocycles. The fourth-order valence-electron chi connectivity index (χ4n) is 1.17. The van der Waals surface area contributed by atoms with Crippen LogP contribution in [-0.4, -0.2) is 9.55 Å². The first kappa shape index (κ1) is 8.11. The van der Waals surface area contributed by atoms with Crippen LogP contribution in [0.25, 0.3) is 0 Å². The van der Waals surface area contributed by atoms with Gasteiger partial charge in [-0.15, -0.1) is 0 Å². The Balaban J connectivity index is 3.02. The zero-order valence-corrected chi connectivity index (χ0v) is 7.33. The molecule has 0 atom stereocenters. The normalized spacial score (nSPS) is 10.9. The zero-order valence-electron chi connectivity index (χ0n) is 7.33. The van der Waals surface area contributed by atoms with Crippen molar-refractivity contribution in [2.45, 2.75) is 33.2 Å². The lowest BCUT2D eigenvalue weighted by Crippen LogP contribution is -2.01. The van der Waals surface area contributed by atoms with Crippen molar-refractivity contribution in [3.63, 3.8) is 0 Å². The highest BCUT2D eigenvalue weighted by Gasteiger charge is 2.07. The first-order chi connectivity index (χ1) is 5.15. The molecule has 0 saturated carbocycles. The maximum absolute atomic E-state index is 5.56. The fraction of sp³-hybridized carbons (Fsp3) is 0.625. The van der Waals surface area contributed by atoms with Crippen molar-refractivity contribution >= 4 is 5.82 Å². The van der Waals surface area contributed by atoms with Crippen LogP contribution >= 0.6 is 0 Å². The minimum Gasteiger partial charge on any atom is -0.382 e. The van der Waals surface area contributed by atoms with Gasteiger partial charge in [-0.2, -0.15) is 0 Å². The molecule has 0 fully saturated rings. The number of aromatic nitrogens is 2. The smallest absolute Gasteiger partial charge is 0.141 e. The van der Waals surface area contributed by atoms with E-state index in [9.17, 15) is 0 Å². The van der Waals surface area contributed by atoms with Gasteiger partial charge in [-0.05, 0) is 6.92 Å². The number of rotatable bonds is 2. The largest absolute Gasteiger partial charge is 0.382 e. The second kappa shape index (κ2) is 2.95. The Morgan fingerprint density at radius 1 is 1.64 bits per heavy atom. The van der Waals surface area contributed by atoms with E-state index in [0.717, 1.165) is 12.4 Å². The van der Waals surface area contributed by atoms with Gasteiger partial charge in [0.1, 0.15) is 11.6 Å². The molecule has 1 aromatic heterocycles. The lowest BCUT2D eigenvalue weighted by Gasteiger charge is -2.05. The van der Waals surface area contributed by atoms with Crippen LogP contribution in [0.1, 0.15) is 32.5 Å². The summed E-state index contributed by atoms with van der Waals surface area (Å²) >= 11 is 0. The van der Waals surface area contributed by atoms with Gasteiger partial charge in [0.15, 0.2) is 0 Å². The number of hydrogen-bond donors (Lipinski definition) is 1. The lowest BCUT2D eigenvalue weighted by molar-refractivity contribution is 0.652. The predicted octanol–water partition coefficient (Wildman–Crippen LogP) is 1.61. The molecule has 3 nitrogen and oxygen atoms in total. The quantitative estimate of drug-likeness (QED) is 0.701. The Hall–Kier alpha value is -0.990. The van der Waals surface area contributed by atoms with E-state index in [0.29, 0.717) is 11.7 Å². The van der Waals surface area contributed by atoms with Crippen LogP contribution in [-0.2, 0) is 6.54 Å². The molecule has 11 heavy (non-hydrogen) atoms. The highest BCUT2D eigenvalue weighted by atomic mass is 15.1. The van der Waals surface area contributed by atoms with E-state index < -0.39 is 0 Å². The Bertz CT molecular complexity index is 237. The summed E-state index contributed by atoms with van der Waals surface area (Å²) in [5.41, 5.74) is 5.56. The van der Waals surface area contributed by atoms with E-state index in [2.05, 4.69) is 30.3 Å². The summed E-state index contributed by atoms with van der Waals surface area (Å²) in [6.07, 6.45) is 1.88. The summed E-state index contributed by atoms with van der Waals surface area (Å²) in [5.74, 6) is 2.15. The van der Waals surface area contributed by atoms with Crippen LogP contribution in [0.15, 0.2) is 6.20 Å². The molecule has 0 unspecified atom stereocenters. The number of imidazole rings is 1. The first-order valence-electron chi connectivity index (χ1n) is 3.97. The number of hydrogen-bond acceptors (Lipinski definition) is 2. The minimum atomic E-state index is 0.451. The van der Waals surface area contributed by atoms with Gasteiger partial charge in [0, 0.05) is 18.7 Å². The molecule has 0 amide bonds. The third-order valence-corrected chi connectivity index (χ3v) is 1.68. The van der Waals surface area contributed by atoms with Gasteiger partial charge < -0.3 is 10.3 Å². The van der Waals surface area contributed by atoms with Crippen molar-refractivity contribution in [3.05, 3.63) is 12.0 Å². The van der Waals surface area contributed by atoms with Crippen molar-refractivity contribution in [2.75, 3.05) is 5.73 Å². The topological polar surface area (TPSA) is 43.8 Å². The molecular formula is C8H15N3. The van der Waals surface area contributed by atoms with Gasteiger partial charge in [-0.1, -0.05) is 13.8 Å². The summed E-state index contributed by atoms with van der Waals surface area (Å²) in [6, 6.07) is 0. The van der Waals surface area contributed by atoms with Crippen molar-refractivity contribution in [1.29, 1.82) is 0 Å². The van der Waals surface area contributed by atoms with Crippen LogP contribution in [0.4, 0.5) is 5.82 Å². The van der Waals surface area contributed by atoms with E-state index in [-0.39, 0.29) is 0 Å². The summed E-state index contributed by atoms with van der Waals surface area (Å²) in [5, 5.41) is 0. The molecule has 0 saturated heterocycles. The van der Waals surface area contributed by atoms with Crippen molar-refractivity contribution in [1.82, 2.24) is 9.55 Å². The third kappa shape index (κ3) is 1.53. The van der Waals surface area contributed by atoms with Crippen LogP contribution in [0.3, 0.4) is 0 Å². The van der Waals surface area contributed by atoms with Gasteiger partial charge >= 0.3 is 0 Å². The molecule has 1 rings (SSSR count). The van der Waals surface area contributed by atoms with Gasteiger partial charge in [0.2, 0.25) is 0 Å². The molecule has 0 aliphatic rings. The van der Waals surface area contributed by atoms with E-state index in [1.54, 1.807) is 0 Å². The number of anilines is 1. The lowest BCUT2D eigenvalue weighted by atomic mass is 10.2. The second-order valence-corrected chi connectivity index (χ2v) is 2.96. The molecule has 3 heteroatoms. The average Bonchev–Trinajstić information content (AvgIpc) is 2.30. The highest BCUT2D eigenvalue weighted by Crippen LogP contribution is 2.14. The summed E-state index contributed by atoms with van der Waals surface area (Å²) < 4.78 is 2.08. The average molecular weight is 153 g/mol. The maximum Gasteiger partial charge on any atom is 0.141 e. The third-order valence-electron chi connectivity index (χ3n) is 1.68. The molecule has 1 heterocycles. The van der Waals surface area contributed by atoms with Crippen molar-refractivity contribution < 1.29 is 0 Å². The molecule has 0 spiro atoms. The highest BCUT2D eigenvalue weighted by molar-refractivity contribution is 5.26. The number of nitrogens with zero attached hydrogens (tertiary/aromatic N) is 2. The van der Waals surface area contributed by atoms with E-state index in [4.69, 9.17) is 5.73 Å². The van der Waals surface area contributed by atoms with Gasteiger partial charge in [-0.25, -0.2) is 4.98 Å².